The Morgan fingerprint density at radius 3 is 2.75 bits per heavy atom. The number of fused-ring (bicyclic) bond motifs is 1. The maximum atomic E-state index is 10.8. The number of hydrogen-bond acceptors (Lipinski definition) is 7. The largest absolute Gasteiger partial charge is 0.368 e. The van der Waals surface area contributed by atoms with Crippen molar-refractivity contribution < 1.29 is 4.92 Å². The monoisotopic (exact) mass is 295 g/mol. The van der Waals surface area contributed by atoms with Gasteiger partial charge in [0.05, 0.1) is 10.3 Å². The summed E-state index contributed by atoms with van der Waals surface area (Å²) in [5.74, 6) is 0.594. The highest BCUT2D eigenvalue weighted by atomic mass is 32.1. The van der Waals surface area contributed by atoms with Gasteiger partial charge in [-0.2, -0.15) is 0 Å². The number of anilines is 1. The van der Waals surface area contributed by atoms with Crippen molar-refractivity contribution in [1.82, 2.24) is 9.97 Å². The van der Waals surface area contributed by atoms with E-state index in [0.29, 0.717) is 22.6 Å². The van der Waals surface area contributed by atoms with Crippen molar-refractivity contribution in [1.29, 1.82) is 0 Å². The van der Waals surface area contributed by atoms with E-state index in [9.17, 15) is 10.1 Å². The fourth-order valence-corrected chi connectivity index (χ4v) is 2.65. The number of hydrogen-bond donors (Lipinski definition) is 2. The lowest BCUT2D eigenvalue weighted by Gasteiger charge is -2.27. The van der Waals surface area contributed by atoms with Gasteiger partial charge in [0.15, 0.2) is 0 Å². The molecule has 20 heavy (non-hydrogen) atoms. The van der Waals surface area contributed by atoms with E-state index >= 15 is 0 Å². The molecular formula is C12H17N5O2S. The van der Waals surface area contributed by atoms with Crippen molar-refractivity contribution in [3.63, 3.8) is 0 Å². The van der Waals surface area contributed by atoms with Crippen LogP contribution in [0.25, 0.3) is 10.2 Å². The summed E-state index contributed by atoms with van der Waals surface area (Å²) in [5, 5.41) is 14.7. The highest BCUT2D eigenvalue weighted by Crippen LogP contribution is 2.33. The first kappa shape index (κ1) is 14.6. The van der Waals surface area contributed by atoms with Crippen LogP contribution < -0.4 is 11.1 Å². The SMILES string of the molecule is CCC(N)(CC)CNc1ncnc2sc([N+](=O)[O-])cc12. The van der Waals surface area contributed by atoms with Gasteiger partial charge in [-0.1, -0.05) is 13.8 Å². The minimum absolute atomic E-state index is 0.0635. The summed E-state index contributed by atoms with van der Waals surface area (Å²) in [5.41, 5.74) is 5.92. The zero-order valence-electron chi connectivity index (χ0n) is 11.4. The third kappa shape index (κ3) is 2.86. The van der Waals surface area contributed by atoms with Gasteiger partial charge in [0.1, 0.15) is 17.0 Å². The zero-order chi connectivity index (χ0) is 14.8. The van der Waals surface area contributed by atoms with Crippen LogP contribution in [-0.2, 0) is 0 Å². The lowest BCUT2D eigenvalue weighted by Crippen LogP contribution is -2.45. The van der Waals surface area contributed by atoms with Crippen molar-refractivity contribution in [3.8, 4) is 0 Å². The second-order valence-corrected chi connectivity index (χ2v) is 5.71. The minimum Gasteiger partial charge on any atom is -0.368 e. The fourth-order valence-electron chi connectivity index (χ4n) is 1.83. The van der Waals surface area contributed by atoms with E-state index in [-0.39, 0.29) is 10.5 Å². The van der Waals surface area contributed by atoms with Crippen molar-refractivity contribution in [2.75, 3.05) is 11.9 Å². The summed E-state index contributed by atoms with van der Waals surface area (Å²) in [6.07, 6.45) is 3.09. The van der Waals surface area contributed by atoms with Crippen LogP contribution in [0.15, 0.2) is 12.4 Å². The van der Waals surface area contributed by atoms with E-state index in [1.807, 2.05) is 13.8 Å². The van der Waals surface area contributed by atoms with E-state index in [4.69, 9.17) is 5.73 Å². The van der Waals surface area contributed by atoms with Gasteiger partial charge in [0, 0.05) is 18.2 Å². The first-order valence-corrected chi connectivity index (χ1v) is 7.22. The molecule has 0 radical (unpaired) electrons. The Kier molecular flexibility index (Phi) is 4.15. The second kappa shape index (κ2) is 5.68. The van der Waals surface area contributed by atoms with Crippen molar-refractivity contribution in [3.05, 3.63) is 22.5 Å². The number of nitrogens with one attached hydrogen (secondary N) is 1. The minimum atomic E-state index is -0.415. The van der Waals surface area contributed by atoms with E-state index in [1.54, 1.807) is 0 Å². The molecule has 0 bridgehead atoms. The zero-order valence-corrected chi connectivity index (χ0v) is 12.2. The maximum Gasteiger partial charge on any atom is 0.326 e. The third-order valence-corrected chi connectivity index (χ3v) is 4.51. The van der Waals surface area contributed by atoms with Crippen molar-refractivity contribution in [2.24, 2.45) is 5.73 Å². The summed E-state index contributed by atoms with van der Waals surface area (Å²) in [6.45, 7) is 4.64. The Balaban J connectivity index is 2.28. The molecule has 0 atom stereocenters. The van der Waals surface area contributed by atoms with Crippen molar-refractivity contribution >= 4 is 32.4 Å². The number of nitrogens with zero attached hydrogens (tertiary/aromatic N) is 3. The Morgan fingerprint density at radius 2 is 2.15 bits per heavy atom. The number of rotatable bonds is 6. The van der Waals surface area contributed by atoms with Gasteiger partial charge < -0.3 is 11.1 Å². The van der Waals surface area contributed by atoms with Gasteiger partial charge in [-0.25, -0.2) is 9.97 Å². The molecule has 108 valence electrons. The molecule has 8 heteroatoms. The molecule has 7 nitrogen and oxygen atoms in total. The van der Waals surface area contributed by atoms with Crippen LogP contribution in [0.2, 0.25) is 0 Å². The summed E-state index contributed by atoms with van der Waals surface area (Å²) < 4.78 is 0. The predicted molar refractivity (Wildman–Crippen MR) is 80.1 cm³/mol. The molecule has 0 aromatic carbocycles. The normalized spacial score (nSPS) is 11.8. The first-order valence-electron chi connectivity index (χ1n) is 6.41. The number of thiophene rings is 1. The molecule has 0 amide bonds. The molecule has 2 heterocycles. The molecule has 0 saturated carbocycles. The standard InChI is InChI=1S/C12H17N5O2S/c1-3-12(13,4-2)6-14-10-8-5-9(17(18)19)20-11(8)16-7-15-10/h5,7H,3-4,6,13H2,1-2H3,(H,14,15,16). The van der Waals surface area contributed by atoms with Gasteiger partial charge in [-0.05, 0) is 24.2 Å². The average Bonchev–Trinajstić information content (AvgIpc) is 2.89. The van der Waals surface area contributed by atoms with Gasteiger partial charge in [-0.15, -0.1) is 0 Å². The molecule has 3 N–H and O–H groups in total. The van der Waals surface area contributed by atoms with Gasteiger partial charge in [0.25, 0.3) is 0 Å². The van der Waals surface area contributed by atoms with E-state index in [2.05, 4.69) is 15.3 Å². The summed E-state index contributed by atoms with van der Waals surface area (Å²) in [4.78, 5) is 19.2. The Labute approximate surface area is 120 Å². The molecule has 0 saturated heterocycles. The lowest BCUT2D eigenvalue weighted by molar-refractivity contribution is -0.380. The first-order chi connectivity index (χ1) is 9.49. The van der Waals surface area contributed by atoms with Gasteiger partial charge >= 0.3 is 5.00 Å². The van der Waals surface area contributed by atoms with Crippen LogP contribution in [0.1, 0.15) is 26.7 Å². The van der Waals surface area contributed by atoms with Crippen LogP contribution in [0, 0.1) is 10.1 Å². The Morgan fingerprint density at radius 1 is 1.45 bits per heavy atom. The van der Waals surface area contributed by atoms with Crippen molar-refractivity contribution in [2.45, 2.75) is 32.2 Å². The highest BCUT2D eigenvalue weighted by molar-refractivity contribution is 7.21. The lowest BCUT2D eigenvalue weighted by atomic mass is 9.94. The quantitative estimate of drug-likeness (QED) is 0.626. The van der Waals surface area contributed by atoms with Crippen LogP contribution in [0.4, 0.5) is 10.8 Å². The van der Waals surface area contributed by atoms with E-state index < -0.39 is 4.92 Å². The number of nitrogens with two attached hydrogens (primary N) is 1. The number of nitro groups is 1. The average molecular weight is 295 g/mol. The topological polar surface area (TPSA) is 107 Å². The fraction of sp³-hybridized carbons (Fsp3) is 0.500. The smallest absolute Gasteiger partial charge is 0.326 e. The molecule has 2 aromatic rings. The molecule has 0 spiro atoms. The van der Waals surface area contributed by atoms with Crippen LogP contribution in [0.5, 0.6) is 0 Å². The van der Waals surface area contributed by atoms with Crippen LogP contribution in [-0.4, -0.2) is 27.0 Å². The summed E-state index contributed by atoms with van der Waals surface area (Å²) in [6, 6.07) is 1.50. The van der Waals surface area contributed by atoms with Crippen LogP contribution >= 0.6 is 11.3 Å². The highest BCUT2D eigenvalue weighted by Gasteiger charge is 2.21. The van der Waals surface area contributed by atoms with Gasteiger partial charge in [0.2, 0.25) is 0 Å². The molecule has 0 unspecified atom stereocenters. The molecule has 0 aliphatic carbocycles. The maximum absolute atomic E-state index is 10.8. The number of aromatic nitrogens is 2. The summed E-state index contributed by atoms with van der Waals surface area (Å²) >= 11 is 1.04. The molecule has 2 rings (SSSR count). The summed E-state index contributed by atoms with van der Waals surface area (Å²) in [7, 11) is 0. The second-order valence-electron chi connectivity index (χ2n) is 4.71. The predicted octanol–water partition coefficient (Wildman–Crippen LogP) is 2.53. The Hall–Kier alpha value is -1.80. The van der Waals surface area contributed by atoms with E-state index in [0.717, 1.165) is 24.2 Å². The Bertz CT molecular complexity index is 623. The van der Waals surface area contributed by atoms with Crippen LogP contribution in [0.3, 0.4) is 0 Å². The molecule has 0 aliphatic heterocycles. The molecule has 2 aromatic heterocycles. The molecule has 0 aliphatic rings. The van der Waals surface area contributed by atoms with E-state index in [1.165, 1.54) is 12.4 Å². The molecular weight excluding hydrogens is 278 g/mol. The third-order valence-electron chi connectivity index (χ3n) is 3.51. The molecule has 0 fully saturated rings. The van der Waals surface area contributed by atoms with Gasteiger partial charge in [-0.3, -0.25) is 10.1 Å².